The van der Waals surface area contributed by atoms with Crippen molar-refractivity contribution in [3.05, 3.63) is 231 Å². The van der Waals surface area contributed by atoms with Crippen LogP contribution in [0.25, 0.3) is 121 Å². The second-order valence-electron chi connectivity index (χ2n) is 17.2. The van der Waals surface area contributed by atoms with E-state index in [4.69, 9.17) is 4.42 Å². The number of hydrogen-bond acceptors (Lipinski definition) is 1. The fourth-order valence-electron chi connectivity index (χ4n) is 9.95. The van der Waals surface area contributed by atoms with Crippen molar-refractivity contribution in [2.75, 3.05) is 0 Å². The zero-order chi connectivity index (χ0) is 46.1. The van der Waals surface area contributed by atoms with Gasteiger partial charge in [0.25, 0.3) is 0 Å². The Morgan fingerprint density at radius 1 is 0.309 bits per heavy atom. The van der Waals surface area contributed by atoms with Gasteiger partial charge in [-0.15, -0.1) is 0 Å². The molecule has 0 fully saturated rings. The smallest absolute Gasteiger partial charge is 0.159 e. The molecule has 0 saturated heterocycles. The van der Waals surface area contributed by atoms with Gasteiger partial charge in [-0.2, -0.15) is 0 Å². The molecule has 0 aliphatic carbocycles. The lowest BCUT2D eigenvalue weighted by Gasteiger charge is -2.10. The average molecular weight is 877 g/mol. The molecule has 3 heteroatoms. The lowest BCUT2D eigenvalue weighted by atomic mass is 9.98. The zero-order valence-electron chi connectivity index (χ0n) is 38.9. The maximum absolute atomic E-state index is 6.88. The molecule has 328 valence electrons. The molecular weight excluding hydrogens is 825 g/mol. The van der Waals surface area contributed by atoms with Gasteiger partial charge >= 0.3 is 0 Å². The molecule has 0 radical (unpaired) electrons. The van der Waals surface area contributed by atoms with E-state index in [1.165, 1.54) is 83.5 Å². The van der Waals surface area contributed by atoms with Gasteiger partial charge < -0.3 is 13.6 Å². The molecule has 0 amide bonds. The van der Waals surface area contributed by atoms with Crippen molar-refractivity contribution in [2.45, 2.75) is 34.1 Å². The Balaban J connectivity index is 0.000000978. The summed E-state index contributed by atoms with van der Waals surface area (Å²) in [6.45, 7) is 8.25. The maximum Gasteiger partial charge on any atom is 0.159 e. The number of furan rings is 1. The number of para-hydroxylation sites is 3. The predicted octanol–water partition coefficient (Wildman–Crippen LogP) is 18.9. The maximum atomic E-state index is 6.88. The monoisotopic (exact) mass is 876 g/mol. The Morgan fingerprint density at radius 2 is 0.721 bits per heavy atom. The van der Waals surface area contributed by atoms with E-state index in [9.17, 15) is 0 Å². The molecule has 3 aromatic heterocycles. The van der Waals surface area contributed by atoms with Crippen LogP contribution in [0.4, 0.5) is 0 Å². The Hall–Kier alpha value is -8.40. The van der Waals surface area contributed by atoms with Crippen LogP contribution in [0.5, 0.6) is 0 Å². The first-order valence-corrected chi connectivity index (χ1v) is 24.0. The molecule has 13 aromatic rings. The first-order chi connectivity index (χ1) is 33.6. The second-order valence-corrected chi connectivity index (χ2v) is 17.2. The summed E-state index contributed by atoms with van der Waals surface area (Å²) >= 11 is 0. The van der Waals surface area contributed by atoms with Gasteiger partial charge in [0.05, 0.1) is 27.8 Å². The van der Waals surface area contributed by atoms with E-state index < -0.39 is 0 Å². The Bertz CT molecular complexity index is 3920. The highest BCUT2D eigenvalue weighted by molar-refractivity contribution is 6.15. The molecule has 0 unspecified atom stereocenters. The minimum absolute atomic E-state index is 0.865. The van der Waals surface area contributed by atoms with Crippen LogP contribution in [-0.4, -0.2) is 9.13 Å². The number of hydrogen-bond donors (Lipinski definition) is 0. The highest BCUT2D eigenvalue weighted by atomic mass is 16.3. The quantitative estimate of drug-likeness (QED) is 0.163. The normalized spacial score (nSPS) is 11.3. The van der Waals surface area contributed by atoms with Gasteiger partial charge in [0.1, 0.15) is 5.58 Å². The summed E-state index contributed by atoms with van der Waals surface area (Å²) in [6, 6.07) is 83.3. The zero-order valence-corrected chi connectivity index (χ0v) is 38.9. The van der Waals surface area contributed by atoms with Crippen LogP contribution < -0.4 is 0 Å². The first kappa shape index (κ1) is 42.2. The standard InChI is InChI=1S/C60H38N2O.C3H8.C2H6/c1-3-14-39(15-4-1)41-18-11-20-43(34-41)45-28-31-56-51(36-45)48-22-7-9-25-54(48)61(56)47-30-33-59-53(38-47)50-24-13-27-58(60(50)63-59)62-55-26-10-8-23-49(55)52-37-46(29-32-57(52)62)44-21-12-19-42(35-44)40-16-5-2-6-17-40;1-3-2;1-2/h1-38H;3H2,1-2H3;1-2H3. The third kappa shape index (κ3) is 7.34. The lowest BCUT2D eigenvalue weighted by Crippen LogP contribution is -1.94. The Labute approximate surface area is 397 Å². The van der Waals surface area contributed by atoms with Crippen molar-refractivity contribution < 1.29 is 4.42 Å². The van der Waals surface area contributed by atoms with E-state index in [1.807, 2.05) is 13.8 Å². The van der Waals surface area contributed by atoms with Gasteiger partial charge in [-0.25, -0.2) is 0 Å². The average Bonchev–Trinajstić information content (AvgIpc) is 4.07. The molecule has 3 heterocycles. The molecule has 0 N–H and O–H groups in total. The molecule has 0 spiro atoms. The van der Waals surface area contributed by atoms with Gasteiger partial charge in [-0.1, -0.05) is 192 Å². The highest BCUT2D eigenvalue weighted by Crippen LogP contribution is 2.42. The van der Waals surface area contributed by atoms with E-state index in [-0.39, 0.29) is 0 Å². The largest absolute Gasteiger partial charge is 0.454 e. The number of aromatic nitrogens is 2. The van der Waals surface area contributed by atoms with E-state index in [0.29, 0.717) is 0 Å². The molecule has 68 heavy (non-hydrogen) atoms. The van der Waals surface area contributed by atoms with Crippen molar-refractivity contribution in [3.63, 3.8) is 0 Å². The number of rotatable bonds is 6. The topological polar surface area (TPSA) is 23.0 Å². The second kappa shape index (κ2) is 18.1. The summed E-state index contributed by atoms with van der Waals surface area (Å²) in [4.78, 5) is 0. The summed E-state index contributed by atoms with van der Waals surface area (Å²) in [6.07, 6.45) is 1.25. The highest BCUT2D eigenvalue weighted by Gasteiger charge is 2.20. The van der Waals surface area contributed by atoms with Crippen LogP contribution >= 0.6 is 0 Å². The molecule has 0 bridgehead atoms. The van der Waals surface area contributed by atoms with Gasteiger partial charge in [0.15, 0.2) is 5.58 Å². The summed E-state index contributed by atoms with van der Waals surface area (Å²) in [7, 11) is 0. The van der Waals surface area contributed by atoms with Gasteiger partial charge in [0, 0.05) is 38.0 Å². The van der Waals surface area contributed by atoms with E-state index in [0.717, 1.165) is 44.3 Å². The van der Waals surface area contributed by atoms with Crippen molar-refractivity contribution in [3.8, 4) is 55.9 Å². The summed E-state index contributed by atoms with van der Waals surface area (Å²) in [5.74, 6) is 0. The van der Waals surface area contributed by atoms with Crippen LogP contribution in [0, 0.1) is 0 Å². The summed E-state index contributed by atoms with van der Waals surface area (Å²) in [5.41, 5.74) is 18.1. The summed E-state index contributed by atoms with van der Waals surface area (Å²) in [5, 5.41) is 7.05. The van der Waals surface area contributed by atoms with E-state index >= 15 is 0 Å². The molecule has 3 nitrogen and oxygen atoms in total. The van der Waals surface area contributed by atoms with Gasteiger partial charge in [0.2, 0.25) is 0 Å². The minimum atomic E-state index is 0.865. The fraction of sp³-hybridized carbons (Fsp3) is 0.0769. The molecule has 0 aliphatic rings. The SMILES string of the molecule is CC.CCC.c1ccc(-c2cccc(-c3ccc4c(c3)c3ccccc3n4-c3ccc4oc5c(-n6c7ccccc7c7cc(-c8cccc(-c9ccccc9)c8)ccc76)cccc5c4c3)c2)cc1. The molecule has 0 atom stereocenters. The number of fused-ring (bicyclic) bond motifs is 9. The molecule has 10 aromatic carbocycles. The third-order valence-corrected chi connectivity index (χ3v) is 12.9. The van der Waals surface area contributed by atoms with Crippen LogP contribution in [0.15, 0.2) is 235 Å². The fourth-order valence-corrected chi connectivity index (χ4v) is 9.95. The summed E-state index contributed by atoms with van der Waals surface area (Å²) < 4.78 is 11.7. The lowest BCUT2D eigenvalue weighted by molar-refractivity contribution is 0.666. The molecular formula is C65H52N2O. The van der Waals surface area contributed by atoms with Crippen molar-refractivity contribution in [1.29, 1.82) is 0 Å². The van der Waals surface area contributed by atoms with E-state index in [2.05, 4.69) is 254 Å². The van der Waals surface area contributed by atoms with Crippen molar-refractivity contribution in [1.82, 2.24) is 9.13 Å². The van der Waals surface area contributed by atoms with Crippen molar-refractivity contribution in [2.24, 2.45) is 0 Å². The Morgan fingerprint density at radius 3 is 1.28 bits per heavy atom. The number of benzene rings is 10. The Kier molecular flexibility index (Phi) is 11.3. The van der Waals surface area contributed by atoms with Gasteiger partial charge in [-0.3, -0.25) is 0 Å². The minimum Gasteiger partial charge on any atom is -0.454 e. The molecule has 0 saturated carbocycles. The first-order valence-electron chi connectivity index (χ1n) is 24.0. The predicted molar refractivity (Wildman–Crippen MR) is 291 cm³/mol. The van der Waals surface area contributed by atoms with Crippen molar-refractivity contribution >= 4 is 65.6 Å². The van der Waals surface area contributed by atoms with Crippen LogP contribution in [-0.2, 0) is 0 Å². The van der Waals surface area contributed by atoms with Gasteiger partial charge in [-0.05, 0) is 117 Å². The molecule has 0 aliphatic heterocycles. The van der Waals surface area contributed by atoms with Crippen LogP contribution in [0.2, 0.25) is 0 Å². The van der Waals surface area contributed by atoms with Crippen LogP contribution in [0.1, 0.15) is 34.1 Å². The third-order valence-electron chi connectivity index (χ3n) is 12.9. The molecule has 13 rings (SSSR count). The van der Waals surface area contributed by atoms with Crippen LogP contribution in [0.3, 0.4) is 0 Å². The number of nitrogens with zero attached hydrogens (tertiary/aromatic N) is 2. The van der Waals surface area contributed by atoms with E-state index in [1.54, 1.807) is 0 Å².